The number of benzene rings is 1. The predicted molar refractivity (Wildman–Crippen MR) is 82.3 cm³/mol. The molecular formula is C16H19ClN2. The van der Waals surface area contributed by atoms with Gasteiger partial charge in [0, 0.05) is 28.3 Å². The van der Waals surface area contributed by atoms with Gasteiger partial charge in [-0.3, -0.25) is 4.98 Å². The largest absolute Gasteiger partial charge is 0.384 e. The zero-order chi connectivity index (χ0) is 13.4. The smallest absolute Gasteiger partial charge is 0.0741 e. The number of rotatable bonds is 2. The van der Waals surface area contributed by atoms with Crippen molar-refractivity contribution < 1.29 is 0 Å². The summed E-state index contributed by atoms with van der Waals surface area (Å²) in [6.07, 6.45) is 4.75. The molecule has 0 saturated heterocycles. The second kappa shape index (κ2) is 5.01. The van der Waals surface area contributed by atoms with E-state index in [2.05, 4.69) is 25.2 Å². The van der Waals surface area contributed by atoms with Gasteiger partial charge < -0.3 is 5.32 Å². The highest BCUT2D eigenvalue weighted by Gasteiger charge is 2.18. The Morgan fingerprint density at radius 3 is 2.84 bits per heavy atom. The number of anilines is 1. The fourth-order valence-corrected chi connectivity index (χ4v) is 3.09. The van der Waals surface area contributed by atoms with Crippen molar-refractivity contribution in [2.75, 3.05) is 11.9 Å². The first-order valence-electron chi connectivity index (χ1n) is 7.06. The number of halogens is 1. The Morgan fingerprint density at radius 2 is 2.05 bits per heavy atom. The van der Waals surface area contributed by atoms with E-state index in [0.29, 0.717) is 0 Å². The van der Waals surface area contributed by atoms with Crippen molar-refractivity contribution in [3.8, 4) is 0 Å². The zero-order valence-corrected chi connectivity index (χ0v) is 12.3. The lowest BCUT2D eigenvalue weighted by Gasteiger charge is -2.21. The van der Waals surface area contributed by atoms with Crippen molar-refractivity contribution in [3.63, 3.8) is 0 Å². The first-order valence-corrected chi connectivity index (χ1v) is 7.44. The minimum atomic E-state index is 0.804. The number of pyridine rings is 1. The number of hydrogen-bond acceptors (Lipinski definition) is 2. The Hall–Kier alpha value is -1.28. The van der Waals surface area contributed by atoms with Gasteiger partial charge in [-0.2, -0.15) is 0 Å². The van der Waals surface area contributed by atoms with E-state index in [9.17, 15) is 0 Å². The topological polar surface area (TPSA) is 24.9 Å². The molecule has 0 atom stereocenters. The maximum absolute atomic E-state index is 6.24. The Morgan fingerprint density at radius 1 is 1.26 bits per heavy atom. The SMILES string of the molecule is CCNc1c2c(nc3cc(Cl)c(C)cc13)CCCC2. The highest BCUT2D eigenvalue weighted by molar-refractivity contribution is 6.32. The van der Waals surface area contributed by atoms with E-state index in [1.807, 2.05) is 6.07 Å². The van der Waals surface area contributed by atoms with E-state index >= 15 is 0 Å². The molecule has 1 aromatic carbocycles. The van der Waals surface area contributed by atoms with Gasteiger partial charge in [0.1, 0.15) is 0 Å². The van der Waals surface area contributed by atoms with E-state index in [-0.39, 0.29) is 0 Å². The zero-order valence-electron chi connectivity index (χ0n) is 11.5. The van der Waals surface area contributed by atoms with Crippen LogP contribution in [0.5, 0.6) is 0 Å². The van der Waals surface area contributed by atoms with Crippen LogP contribution in [0.3, 0.4) is 0 Å². The van der Waals surface area contributed by atoms with Crippen molar-refractivity contribution in [1.82, 2.24) is 4.98 Å². The van der Waals surface area contributed by atoms with Gasteiger partial charge >= 0.3 is 0 Å². The maximum atomic E-state index is 6.24. The number of nitrogens with zero attached hydrogens (tertiary/aromatic N) is 1. The van der Waals surface area contributed by atoms with E-state index < -0.39 is 0 Å². The minimum absolute atomic E-state index is 0.804. The third-order valence-electron chi connectivity index (χ3n) is 3.90. The summed E-state index contributed by atoms with van der Waals surface area (Å²) in [6, 6.07) is 4.17. The summed E-state index contributed by atoms with van der Waals surface area (Å²) in [5.74, 6) is 0. The lowest BCUT2D eigenvalue weighted by Crippen LogP contribution is -2.11. The quantitative estimate of drug-likeness (QED) is 0.872. The molecule has 3 heteroatoms. The molecule has 0 bridgehead atoms. The van der Waals surface area contributed by atoms with Crippen LogP contribution in [-0.4, -0.2) is 11.5 Å². The molecule has 0 fully saturated rings. The molecule has 0 unspecified atom stereocenters. The molecule has 0 radical (unpaired) electrons. The van der Waals surface area contributed by atoms with Gasteiger partial charge in [-0.15, -0.1) is 0 Å². The molecule has 19 heavy (non-hydrogen) atoms. The average Bonchev–Trinajstić information content (AvgIpc) is 2.41. The highest BCUT2D eigenvalue weighted by atomic mass is 35.5. The lowest BCUT2D eigenvalue weighted by atomic mass is 9.92. The molecule has 1 N–H and O–H groups in total. The minimum Gasteiger partial charge on any atom is -0.384 e. The molecular weight excluding hydrogens is 256 g/mol. The monoisotopic (exact) mass is 274 g/mol. The van der Waals surface area contributed by atoms with E-state index in [4.69, 9.17) is 16.6 Å². The fourth-order valence-electron chi connectivity index (χ4n) is 2.93. The van der Waals surface area contributed by atoms with Crippen molar-refractivity contribution in [1.29, 1.82) is 0 Å². The van der Waals surface area contributed by atoms with Crippen LogP contribution in [-0.2, 0) is 12.8 Å². The summed E-state index contributed by atoms with van der Waals surface area (Å²) in [6.45, 7) is 5.13. The van der Waals surface area contributed by atoms with Gasteiger partial charge in [-0.05, 0) is 62.8 Å². The van der Waals surface area contributed by atoms with Crippen LogP contribution in [0.1, 0.15) is 36.6 Å². The van der Waals surface area contributed by atoms with Crippen molar-refractivity contribution in [2.24, 2.45) is 0 Å². The first kappa shape index (κ1) is 12.7. The van der Waals surface area contributed by atoms with Crippen LogP contribution < -0.4 is 5.32 Å². The van der Waals surface area contributed by atoms with Crippen LogP contribution in [0.2, 0.25) is 5.02 Å². The fraction of sp³-hybridized carbons (Fsp3) is 0.438. The molecule has 1 aliphatic rings. The number of aromatic nitrogens is 1. The average molecular weight is 275 g/mol. The lowest BCUT2D eigenvalue weighted by molar-refractivity contribution is 0.672. The van der Waals surface area contributed by atoms with Crippen molar-refractivity contribution in [3.05, 3.63) is 34.0 Å². The first-order chi connectivity index (χ1) is 9.20. The number of hydrogen-bond donors (Lipinski definition) is 1. The Bertz CT molecular complexity index is 634. The van der Waals surface area contributed by atoms with Crippen molar-refractivity contribution in [2.45, 2.75) is 39.5 Å². The van der Waals surface area contributed by atoms with Crippen LogP contribution in [0, 0.1) is 6.92 Å². The van der Waals surface area contributed by atoms with Crippen LogP contribution >= 0.6 is 11.6 Å². The molecule has 1 aliphatic carbocycles. The van der Waals surface area contributed by atoms with E-state index in [1.165, 1.54) is 35.2 Å². The van der Waals surface area contributed by atoms with Gasteiger partial charge in [-0.1, -0.05) is 11.6 Å². The summed E-state index contributed by atoms with van der Waals surface area (Å²) >= 11 is 6.24. The summed E-state index contributed by atoms with van der Waals surface area (Å²) in [5, 5.41) is 5.56. The number of nitrogens with one attached hydrogen (secondary N) is 1. The highest BCUT2D eigenvalue weighted by Crippen LogP contribution is 2.35. The second-order valence-electron chi connectivity index (χ2n) is 5.27. The molecule has 0 amide bonds. The Labute approximate surface area is 119 Å². The number of aryl methyl sites for hydroxylation is 2. The van der Waals surface area contributed by atoms with Crippen LogP contribution in [0.25, 0.3) is 10.9 Å². The number of fused-ring (bicyclic) bond motifs is 2. The molecule has 0 spiro atoms. The molecule has 0 aliphatic heterocycles. The van der Waals surface area contributed by atoms with Gasteiger partial charge in [0.2, 0.25) is 0 Å². The second-order valence-corrected chi connectivity index (χ2v) is 5.68. The molecule has 3 rings (SSSR count). The third kappa shape index (κ3) is 2.18. The molecule has 2 nitrogen and oxygen atoms in total. The summed E-state index contributed by atoms with van der Waals surface area (Å²) in [5.41, 5.74) is 6.09. The molecule has 100 valence electrons. The maximum Gasteiger partial charge on any atom is 0.0741 e. The molecule has 1 aromatic heterocycles. The summed E-state index contributed by atoms with van der Waals surface area (Å²) < 4.78 is 0. The van der Waals surface area contributed by atoms with Crippen LogP contribution in [0.4, 0.5) is 5.69 Å². The van der Waals surface area contributed by atoms with Gasteiger partial charge in [0.05, 0.1) is 5.52 Å². The Balaban J connectivity index is 2.32. The third-order valence-corrected chi connectivity index (χ3v) is 4.30. The summed E-state index contributed by atoms with van der Waals surface area (Å²) in [4.78, 5) is 4.84. The molecule has 1 heterocycles. The van der Waals surface area contributed by atoms with Gasteiger partial charge in [0.25, 0.3) is 0 Å². The molecule has 2 aromatic rings. The molecule has 0 saturated carbocycles. The van der Waals surface area contributed by atoms with Crippen molar-refractivity contribution >= 4 is 28.2 Å². The van der Waals surface area contributed by atoms with E-state index in [1.54, 1.807) is 0 Å². The summed E-state index contributed by atoms with van der Waals surface area (Å²) in [7, 11) is 0. The van der Waals surface area contributed by atoms with Crippen LogP contribution in [0.15, 0.2) is 12.1 Å². The predicted octanol–water partition coefficient (Wildman–Crippen LogP) is 4.51. The standard InChI is InChI=1S/C16H19ClN2/c1-3-18-16-11-6-4-5-7-14(11)19-15-9-13(17)10(2)8-12(15)16/h8-9H,3-7H2,1-2H3,(H,18,19). The van der Waals surface area contributed by atoms with E-state index in [0.717, 1.165) is 35.5 Å². The Kier molecular flexibility index (Phi) is 3.36. The van der Waals surface area contributed by atoms with Gasteiger partial charge in [0.15, 0.2) is 0 Å². The van der Waals surface area contributed by atoms with Gasteiger partial charge in [-0.25, -0.2) is 0 Å². The normalized spacial score (nSPS) is 14.5.